The number of nitrogens with one attached hydrogen (secondary N) is 5. The van der Waals surface area contributed by atoms with Crippen molar-refractivity contribution in [3.63, 3.8) is 0 Å². The molecule has 3 aromatic carbocycles. The van der Waals surface area contributed by atoms with Gasteiger partial charge in [0.2, 0.25) is 23.6 Å². The van der Waals surface area contributed by atoms with Crippen molar-refractivity contribution < 1.29 is 51.9 Å². The lowest BCUT2D eigenvalue weighted by Crippen LogP contribution is -2.51. The minimum atomic E-state index is -0.870. The minimum Gasteiger partial charge on any atom is -0.445 e. The Morgan fingerprint density at radius 1 is 0.795 bits per heavy atom. The van der Waals surface area contributed by atoms with Gasteiger partial charge in [-0.15, -0.1) is 0 Å². The largest absolute Gasteiger partial charge is 0.445 e. The van der Waals surface area contributed by atoms with Crippen LogP contribution in [0.15, 0.2) is 84.9 Å². The van der Waals surface area contributed by atoms with Crippen LogP contribution in [0.4, 0.5) is 24.1 Å². The molecule has 2 heterocycles. The van der Waals surface area contributed by atoms with Crippen LogP contribution >= 0.6 is 0 Å². The predicted molar refractivity (Wildman–Crippen MR) is 290 cm³/mol. The summed E-state index contributed by atoms with van der Waals surface area (Å²) in [6, 6.07) is 17.2. The molecule has 7 N–H and O–H groups in total. The number of nitrogens with two attached hydrogens (primary N) is 1. The number of nitrogens with zero attached hydrogens (tertiary/aromatic N) is 5. The summed E-state index contributed by atoms with van der Waals surface area (Å²) in [7, 11) is 0. The van der Waals surface area contributed by atoms with Gasteiger partial charge in [-0.25, -0.2) is 28.0 Å². The molecule has 1 aliphatic heterocycles. The first kappa shape index (κ1) is 62.5. The van der Waals surface area contributed by atoms with Crippen LogP contribution in [0.25, 0.3) is 11.4 Å². The zero-order valence-corrected chi connectivity index (χ0v) is 45.8. The fourth-order valence-corrected chi connectivity index (χ4v) is 8.12. The average molecular weight is 1080 g/mol. The molecular weight excluding hydrogens is 1010 g/mol. The van der Waals surface area contributed by atoms with E-state index in [9.17, 15) is 42.7 Å². The molecule has 78 heavy (non-hydrogen) atoms. The first-order chi connectivity index (χ1) is 37.0. The first-order valence-electron chi connectivity index (χ1n) is 26.2. The number of imide groups is 1. The number of alkyl carbamates (subject to hydrolysis) is 1. The van der Waals surface area contributed by atoms with E-state index < -0.39 is 59.0 Å². The van der Waals surface area contributed by atoms with Gasteiger partial charge in [0.1, 0.15) is 24.3 Å². The fraction of sp³-hybridized carbons (Fsp3) is 0.464. The van der Waals surface area contributed by atoms with Gasteiger partial charge in [0, 0.05) is 56.4 Å². The van der Waals surface area contributed by atoms with E-state index in [4.69, 9.17) is 15.5 Å². The Kier molecular flexibility index (Phi) is 24.5. The predicted octanol–water partition coefficient (Wildman–Crippen LogP) is 6.91. The number of aromatic nitrogens is 3. The van der Waals surface area contributed by atoms with Crippen molar-refractivity contribution in [2.75, 3.05) is 38.0 Å². The van der Waals surface area contributed by atoms with Crippen LogP contribution in [0.2, 0.25) is 0 Å². The van der Waals surface area contributed by atoms with Crippen LogP contribution in [-0.2, 0) is 46.7 Å². The second-order valence-electron chi connectivity index (χ2n) is 20.4. The normalized spacial score (nSPS) is 12.8. The Morgan fingerprint density at radius 2 is 1.47 bits per heavy atom. The van der Waals surface area contributed by atoms with Gasteiger partial charge in [0.15, 0.2) is 11.6 Å². The monoisotopic (exact) mass is 1080 g/mol. The number of halogens is 2. The molecular formula is C56H75F2N11O9. The summed E-state index contributed by atoms with van der Waals surface area (Å²) in [5, 5.41) is 17.8. The number of hydrogen-bond donors (Lipinski definition) is 6. The molecule has 0 saturated carbocycles. The molecule has 20 nitrogen and oxygen atoms in total. The standard InChI is InChI=1S/C52H65F2N9O8.C4H10N2O/c1-33(2)45(58-41(64)17-12-9-13-27-61-43(66)24-25-44(61)67)49(68)56-30-42(65)57-38-21-18-36(19-22-38)32-71-51(70)55-26-14-28-62(50(69)34(3)4)46(52(5,6)7)48-59-47(39-29-37(53)20-23-40(39)54)60-63(48)31-35-15-10-8-11-16-35;1-2-3-6-4(5)7/h8,10-11,15-16,18-25,29,33-34,45-46H,9,12-14,17,26-28,30-32H2,1-7H3,(H,55,70)(H,56,68)(H,57,65)(H,58,64);2-3H2,1H3,(H3,5,6,7). The fourth-order valence-electron chi connectivity index (χ4n) is 8.12. The van der Waals surface area contributed by atoms with Crippen molar-refractivity contribution in [1.29, 1.82) is 0 Å². The number of urea groups is 1. The second kappa shape index (κ2) is 30.6. The van der Waals surface area contributed by atoms with Gasteiger partial charge in [-0.05, 0) is 78.5 Å². The number of carbonyl (C=O) groups excluding carboxylic acids is 8. The van der Waals surface area contributed by atoms with Gasteiger partial charge in [0.05, 0.1) is 24.7 Å². The highest BCUT2D eigenvalue weighted by atomic mass is 19.1. The highest BCUT2D eigenvalue weighted by Gasteiger charge is 2.39. The molecule has 0 spiro atoms. The number of unbranched alkanes of at least 4 members (excludes halogenated alkanes) is 2. The zero-order valence-electron chi connectivity index (χ0n) is 45.8. The smallest absolute Gasteiger partial charge is 0.407 e. The first-order valence-corrected chi connectivity index (χ1v) is 26.2. The van der Waals surface area contributed by atoms with Crippen LogP contribution in [0, 0.1) is 28.9 Å². The third-order valence-corrected chi connectivity index (χ3v) is 12.1. The second-order valence-corrected chi connectivity index (χ2v) is 20.4. The van der Waals surface area contributed by atoms with Crippen LogP contribution in [-0.4, -0.2) is 111 Å². The molecule has 5 rings (SSSR count). The van der Waals surface area contributed by atoms with E-state index >= 15 is 4.39 Å². The maximum atomic E-state index is 15.1. The molecule has 1 aromatic heterocycles. The average Bonchev–Trinajstić information content (AvgIpc) is 4.01. The van der Waals surface area contributed by atoms with E-state index in [1.807, 2.05) is 58.0 Å². The van der Waals surface area contributed by atoms with Crippen LogP contribution < -0.4 is 32.3 Å². The van der Waals surface area contributed by atoms with Gasteiger partial charge in [0.25, 0.3) is 11.8 Å². The maximum absolute atomic E-state index is 15.1. The zero-order chi connectivity index (χ0) is 57.5. The Labute approximate surface area is 454 Å². The van der Waals surface area contributed by atoms with E-state index in [0.717, 1.165) is 35.1 Å². The highest BCUT2D eigenvalue weighted by molar-refractivity contribution is 6.12. The maximum Gasteiger partial charge on any atom is 0.407 e. The van der Waals surface area contributed by atoms with E-state index in [-0.39, 0.29) is 86.7 Å². The molecule has 1 aliphatic rings. The third-order valence-electron chi connectivity index (χ3n) is 12.1. The third kappa shape index (κ3) is 20.2. The summed E-state index contributed by atoms with van der Waals surface area (Å²) >= 11 is 0. The number of amides is 9. The Hall–Kier alpha value is -8.04. The summed E-state index contributed by atoms with van der Waals surface area (Å²) in [5.41, 5.74) is 5.96. The van der Waals surface area contributed by atoms with E-state index in [2.05, 4.69) is 31.7 Å². The van der Waals surface area contributed by atoms with Crippen molar-refractivity contribution in [3.8, 4) is 11.4 Å². The topological polar surface area (TPSA) is 269 Å². The summed E-state index contributed by atoms with van der Waals surface area (Å²) < 4.78 is 36.5. The van der Waals surface area contributed by atoms with E-state index in [0.29, 0.717) is 49.3 Å². The Balaban J connectivity index is 0.00000175. The van der Waals surface area contributed by atoms with E-state index in [1.165, 1.54) is 12.2 Å². The van der Waals surface area contributed by atoms with Gasteiger partial charge >= 0.3 is 12.1 Å². The van der Waals surface area contributed by atoms with Crippen molar-refractivity contribution in [2.45, 2.75) is 119 Å². The van der Waals surface area contributed by atoms with Gasteiger partial charge in [-0.2, -0.15) is 5.10 Å². The van der Waals surface area contributed by atoms with Gasteiger partial charge in [-0.1, -0.05) is 104 Å². The molecule has 2 unspecified atom stereocenters. The summed E-state index contributed by atoms with van der Waals surface area (Å²) in [6.07, 6.45) is 4.86. The molecule has 4 aromatic rings. The minimum absolute atomic E-state index is 0.0150. The lowest BCUT2D eigenvalue weighted by molar-refractivity contribution is -0.140. The number of carbonyl (C=O) groups is 8. The van der Waals surface area contributed by atoms with Crippen LogP contribution in [0.1, 0.15) is 117 Å². The van der Waals surface area contributed by atoms with Crippen LogP contribution in [0.5, 0.6) is 0 Å². The molecule has 0 radical (unpaired) electrons. The molecule has 9 amide bonds. The lowest BCUT2D eigenvalue weighted by Gasteiger charge is -2.40. The van der Waals surface area contributed by atoms with Gasteiger partial charge in [-0.3, -0.25) is 33.7 Å². The molecule has 0 fully saturated rings. The number of anilines is 1. The van der Waals surface area contributed by atoms with Crippen LogP contribution in [0.3, 0.4) is 0 Å². The number of primary amides is 1. The van der Waals surface area contributed by atoms with Gasteiger partial charge < -0.3 is 42.0 Å². The molecule has 0 aliphatic carbocycles. The molecule has 0 bridgehead atoms. The Bertz CT molecular complexity index is 2690. The Morgan fingerprint density at radius 3 is 2.08 bits per heavy atom. The quantitative estimate of drug-likeness (QED) is 0.0278. The number of ether oxygens (including phenoxy) is 1. The van der Waals surface area contributed by atoms with Crippen molar-refractivity contribution >= 4 is 53.3 Å². The molecule has 22 heteroatoms. The van der Waals surface area contributed by atoms with Crippen molar-refractivity contribution in [2.24, 2.45) is 23.0 Å². The molecule has 422 valence electrons. The number of benzene rings is 3. The van der Waals surface area contributed by atoms with Crippen molar-refractivity contribution in [3.05, 3.63) is 114 Å². The van der Waals surface area contributed by atoms with E-state index in [1.54, 1.807) is 61.5 Å². The van der Waals surface area contributed by atoms with Crippen molar-refractivity contribution in [1.82, 2.24) is 45.8 Å². The number of rotatable bonds is 26. The molecule has 0 saturated heterocycles. The lowest BCUT2D eigenvalue weighted by atomic mass is 9.84. The summed E-state index contributed by atoms with van der Waals surface area (Å²) in [5.74, 6) is -3.82. The molecule has 2 atom stereocenters. The summed E-state index contributed by atoms with van der Waals surface area (Å²) in [4.78, 5) is 106. The number of hydrogen-bond acceptors (Lipinski definition) is 11. The highest BCUT2D eigenvalue weighted by Crippen LogP contribution is 2.39. The summed E-state index contributed by atoms with van der Waals surface area (Å²) in [6.45, 7) is 16.1. The SMILES string of the molecule is CC(C)C(=O)N(CCCNC(=O)OCc1ccc(NC(=O)CNC(=O)C(NC(=O)CCCCCN2C(=O)C=CC2=O)C(C)C)cc1)C(c1nc(-c2cc(F)ccc2F)nn1Cc1ccccc1)C(C)(C)C.CCCNC(N)=O.